The quantitative estimate of drug-likeness (QED) is 0.941. The molecule has 2 heterocycles. The number of amides is 1. The Morgan fingerprint density at radius 3 is 2.85 bits per heavy atom. The van der Waals surface area contributed by atoms with Crippen LogP contribution in [0.2, 0.25) is 10.0 Å². The van der Waals surface area contributed by atoms with Gasteiger partial charge in [0.2, 0.25) is 0 Å². The molecule has 0 saturated heterocycles. The molecular weight excluding hydrogens is 303 g/mol. The molecule has 0 radical (unpaired) electrons. The van der Waals surface area contributed by atoms with Crippen LogP contribution in [0, 0.1) is 6.92 Å². The van der Waals surface area contributed by atoms with Crippen molar-refractivity contribution in [2.75, 3.05) is 19.0 Å². The normalized spacial score (nSPS) is 10.6. The van der Waals surface area contributed by atoms with Crippen molar-refractivity contribution in [2.24, 2.45) is 0 Å². The Hall–Kier alpha value is -1.63. The molecule has 0 aliphatic rings. The number of aryl methyl sites for hydroxylation is 1. The van der Waals surface area contributed by atoms with Crippen LogP contribution < -0.4 is 5.32 Å². The minimum atomic E-state index is -0.293. The van der Waals surface area contributed by atoms with E-state index in [1.807, 2.05) is 0 Å². The van der Waals surface area contributed by atoms with E-state index in [4.69, 9.17) is 27.9 Å². The summed E-state index contributed by atoms with van der Waals surface area (Å²) in [5, 5.41) is 7.69. The van der Waals surface area contributed by atoms with Gasteiger partial charge in [-0.1, -0.05) is 23.2 Å². The molecule has 0 fully saturated rings. The zero-order chi connectivity index (χ0) is 14.7. The minimum Gasteiger partial charge on any atom is -0.375 e. The van der Waals surface area contributed by atoms with Gasteiger partial charge in [-0.05, 0) is 13.0 Å². The van der Waals surface area contributed by atoms with Crippen LogP contribution in [0.5, 0.6) is 0 Å². The lowest BCUT2D eigenvalue weighted by Gasteiger charge is -2.09. The molecule has 2 aromatic rings. The van der Waals surface area contributed by atoms with Crippen LogP contribution in [0.1, 0.15) is 5.69 Å². The molecule has 0 bridgehead atoms. The van der Waals surface area contributed by atoms with E-state index in [0.29, 0.717) is 27.4 Å². The van der Waals surface area contributed by atoms with Gasteiger partial charge < -0.3 is 10.1 Å². The molecule has 20 heavy (non-hydrogen) atoms. The maximum Gasteiger partial charge on any atom is 0.251 e. The second kappa shape index (κ2) is 6.21. The van der Waals surface area contributed by atoms with E-state index in [2.05, 4.69) is 15.4 Å². The van der Waals surface area contributed by atoms with Gasteiger partial charge >= 0.3 is 0 Å². The first-order chi connectivity index (χ1) is 9.51. The Kier molecular flexibility index (Phi) is 4.59. The number of nitrogens with zero attached hydrogens (tertiary/aromatic N) is 3. The van der Waals surface area contributed by atoms with Crippen molar-refractivity contribution >= 4 is 34.9 Å². The summed E-state index contributed by atoms with van der Waals surface area (Å²) in [6.45, 7) is 1.75. The molecule has 0 saturated carbocycles. The van der Waals surface area contributed by atoms with Gasteiger partial charge in [-0.15, -0.1) is 0 Å². The monoisotopic (exact) mass is 314 g/mol. The molecule has 0 aliphatic heterocycles. The highest BCUT2D eigenvalue weighted by atomic mass is 35.5. The van der Waals surface area contributed by atoms with Gasteiger partial charge in [0, 0.05) is 19.4 Å². The predicted molar refractivity (Wildman–Crippen MR) is 76.6 cm³/mol. The molecule has 0 unspecified atom stereocenters. The highest BCUT2D eigenvalue weighted by Crippen LogP contribution is 2.24. The Balaban J connectivity index is 2.38. The molecule has 8 heteroatoms. The van der Waals surface area contributed by atoms with Crippen LogP contribution in [0.25, 0.3) is 5.82 Å². The first-order valence-electron chi connectivity index (χ1n) is 5.68. The fourth-order valence-corrected chi connectivity index (χ4v) is 2.08. The number of halogens is 2. The average Bonchev–Trinajstić information content (AvgIpc) is 2.70. The van der Waals surface area contributed by atoms with Crippen LogP contribution in [-0.2, 0) is 9.53 Å². The number of anilines is 1. The summed E-state index contributed by atoms with van der Waals surface area (Å²) in [6, 6.07) is 3.27. The second-order valence-corrected chi connectivity index (χ2v) is 4.87. The van der Waals surface area contributed by atoms with Gasteiger partial charge in [-0.3, -0.25) is 4.79 Å². The summed E-state index contributed by atoms with van der Waals surface area (Å²) >= 11 is 11.9. The van der Waals surface area contributed by atoms with Gasteiger partial charge in [-0.25, -0.2) is 4.98 Å². The van der Waals surface area contributed by atoms with Crippen LogP contribution in [-0.4, -0.2) is 34.4 Å². The molecule has 0 spiro atoms. The zero-order valence-corrected chi connectivity index (χ0v) is 12.4. The van der Waals surface area contributed by atoms with Crippen LogP contribution >= 0.6 is 23.2 Å². The Morgan fingerprint density at radius 2 is 2.20 bits per heavy atom. The molecule has 1 N–H and O–H groups in total. The molecular formula is C12H12Cl2N4O2. The second-order valence-electron chi connectivity index (χ2n) is 4.02. The smallest absolute Gasteiger partial charge is 0.251 e. The molecule has 6 nitrogen and oxygen atoms in total. The fourth-order valence-electron chi connectivity index (χ4n) is 1.62. The van der Waals surface area contributed by atoms with Crippen molar-refractivity contribution < 1.29 is 9.53 Å². The number of rotatable bonds is 4. The molecule has 0 atom stereocenters. The summed E-state index contributed by atoms with van der Waals surface area (Å²) in [6.07, 6.45) is 1.46. The van der Waals surface area contributed by atoms with Crippen molar-refractivity contribution in [1.29, 1.82) is 0 Å². The number of nitrogens with one attached hydrogen (secondary N) is 1. The van der Waals surface area contributed by atoms with Gasteiger partial charge in [-0.2, -0.15) is 9.78 Å². The van der Waals surface area contributed by atoms with Crippen LogP contribution in [0.4, 0.5) is 5.82 Å². The van der Waals surface area contributed by atoms with Crippen molar-refractivity contribution in [3.8, 4) is 5.82 Å². The van der Waals surface area contributed by atoms with E-state index in [0.717, 1.165) is 0 Å². The van der Waals surface area contributed by atoms with Gasteiger partial charge in [0.05, 0.1) is 15.7 Å². The first kappa shape index (κ1) is 14.8. The standard InChI is InChI=1S/C12H12Cl2N4O2/c1-7-3-10(16-11(19)6-20-2)18(17-7)12-9(14)4-8(13)5-15-12/h3-5H,6H2,1-2H3,(H,16,19). The molecule has 2 aromatic heterocycles. The summed E-state index contributed by atoms with van der Waals surface area (Å²) in [5.74, 6) is 0.553. The highest BCUT2D eigenvalue weighted by molar-refractivity contribution is 6.35. The Labute approximate surface area is 125 Å². The van der Waals surface area contributed by atoms with E-state index in [1.54, 1.807) is 19.1 Å². The number of methoxy groups -OCH3 is 1. The maximum absolute atomic E-state index is 11.6. The van der Waals surface area contributed by atoms with E-state index in [1.165, 1.54) is 18.0 Å². The summed E-state index contributed by atoms with van der Waals surface area (Å²) in [7, 11) is 1.44. The average molecular weight is 315 g/mol. The third kappa shape index (κ3) is 3.27. The van der Waals surface area contributed by atoms with E-state index < -0.39 is 0 Å². The number of pyridine rings is 1. The topological polar surface area (TPSA) is 69.0 Å². The van der Waals surface area contributed by atoms with Crippen molar-refractivity contribution in [1.82, 2.24) is 14.8 Å². The Morgan fingerprint density at radius 1 is 1.45 bits per heavy atom. The SMILES string of the molecule is COCC(=O)Nc1cc(C)nn1-c1ncc(Cl)cc1Cl. The van der Waals surface area contributed by atoms with Crippen molar-refractivity contribution in [3.05, 3.63) is 34.1 Å². The number of ether oxygens (including phenoxy) is 1. The summed E-state index contributed by atoms with van der Waals surface area (Å²) in [5.41, 5.74) is 0.713. The number of aromatic nitrogens is 3. The number of hydrogen-bond acceptors (Lipinski definition) is 4. The Bertz CT molecular complexity index is 642. The lowest BCUT2D eigenvalue weighted by atomic mass is 10.4. The van der Waals surface area contributed by atoms with E-state index in [-0.39, 0.29) is 12.5 Å². The largest absolute Gasteiger partial charge is 0.375 e. The molecule has 0 aromatic carbocycles. The number of hydrogen-bond donors (Lipinski definition) is 1. The lowest BCUT2D eigenvalue weighted by Crippen LogP contribution is -2.19. The highest BCUT2D eigenvalue weighted by Gasteiger charge is 2.14. The number of carbonyl (C=O) groups is 1. The third-order valence-electron chi connectivity index (χ3n) is 2.36. The first-order valence-corrected chi connectivity index (χ1v) is 6.43. The van der Waals surface area contributed by atoms with E-state index in [9.17, 15) is 4.79 Å². The van der Waals surface area contributed by atoms with Crippen LogP contribution in [0.3, 0.4) is 0 Å². The summed E-state index contributed by atoms with van der Waals surface area (Å²) < 4.78 is 6.21. The van der Waals surface area contributed by atoms with Gasteiger partial charge in [0.25, 0.3) is 5.91 Å². The van der Waals surface area contributed by atoms with E-state index >= 15 is 0 Å². The molecule has 0 aliphatic carbocycles. The predicted octanol–water partition coefficient (Wildman–Crippen LogP) is 2.47. The third-order valence-corrected chi connectivity index (χ3v) is 2.85. The lowest BCUT2D eigenvalue weighted by molar-refractivity contribution is -0.119. The minimum absolute atomic E-state index is 0.0496. The maximum atomic E-state index is 11.6. The van der Waals surface area contributed by atoms with Gasteiger partial charge in [0.1, 0.15) is 12.4 Å². The fraction of sp³-hybridized carbons (Fsp3) is 0.250. The van der Waals surface area contributed by atoms with Gasteiger partial charge in [0.15, 0.2) is 5.82 Å². The van der Waals surface area contributed by atoms with Crippen molar-refractivity contribution in [3.63, 3.8) is 0 Å². The number of carbonyl (C=O) groups excluding carboxylic acids is 1. The van der Waals surface area contributed by atoms with Crippen LogP contribution in [0.15, 0.2) is 18.3 Å². The van der Waals surface area contributed by atoms with Crippen molar-refractivity contribution in [2.45, 2.75) is 6.92 Å². The molecule has 106 valence electrons. The molecule has 1 amide bonds. The molecule has 2 rings (SSSR count). The zero-order valence-electron chi connectivity index (χ0n) is 10.9. The summed E-state index contributed by atoms with van der Waals surface area (Å²) in [4.78, 5) is 15.7.